The number of primary amides is 1. The van der Waals surface area contributed by atoms with Gasteiger partial charge in [0.05, 0.1) is 16.8 Å². The van der Waals surface area contributed by atoms with Gasteiger partial charge in [-0.1, -0.05) is 12.1 Å². The minimum Gasteiger partial charge on any atom is -0.366 e. The van der Waals surface area contributed by atoms with Gasteiger partial charge in [0.2, 0.25) is 0 Å². The molecular weight excluding hydrogens is 236 g/mol. The van der Waals surface area contributed by atoms with E-state index < -0.39 is 5.91 Å². The Kier molecular flexibility index (Phi) is 3.20. The normalized spacial score (nSPS) is 9.88. The van der Waals surface area contributed by atoms with Crippen LogP contribution in [0.1, 0.15) is 20.7 Å². The zero-order valence-electron chi connectivity index (χ0n) is 8.84. The number of carbonyl (C=O) groups is 2. The second-order valence-electron chi connectivity index (χ2n) is 3.38. The molecule has 2 amide bonds. The van der Waals surface area contributed by atoms with Crippen molar-refractivity contribution in [1.82, 2.24) is 0 Å². The highest BCUT2D eigenvalue weighted by Crippen LogP contribution is 2.16. The third-order valence-corrected chi connectivity index (χ3v) is 2.91. The fraction of sp³-hybridized carbons (Fsp3) is 0. The minimum absolute atomic E-state index is 0.250. The van der Waals surface area contributed by atoms with E-state index in [9.17, 15) is 9.59 Å². The molecule has 0 aliphatic rings. The molecule has 1 aromatic heterocycles. The second-order valence-corrected chi connectivity index (χ2v) is 4.16. The Balaban J connectivity index is 2.25. The van der Waals surface area contributed by atoms with Crippen LogP contribution < -0.4 is 11.1 Å². The molecule has 0 spiro atoms. The molecule has 0 aliphatic heterocycles. The number of nitrogens with one attached hydrogen (secondary N) is 1. The fourth-order valence-corrected chi connectivity index (χ4v) is 2.03. The highest BCUT2D eigenvalue weighted by molar-refractivity contribution is 7.08. The summed E-state index contributed by atoms with van der Waals surface area (Å²) >= 11 is 1.44. The third kappa shape index (κ3) is 2.51. The molecule has 5 heteroatoms. The van der Waals surface area contributed by atoms with Crippen LogP contribution in [0.2, 0.25) is 0 Å². The summed E-state index contributed by atoms with van der Waals surface area (Å²) in [6, 6.07) is 8.36. The largest absolute Gasteiger partial charge is 0.366 e. The summed E-state index contributed by atoms with van der Waals surface area (Å²) in [6.45, 7) is 0. The van der Waals surface area contributed by atoms with Crippen LogP contribution in [0.3, 0.4) is 0 Å². The zero-order valence-corrected chi connectivity index (χ0v) is 9.66. The van der Waals surface area contributed by atoms with Crippen LogP contribution in [-0.4, -0.2) is 11.8 Å². The number of nitrogens with two attached hydrogens (primary N) is 1. The number of thiophene rings is 1. The molecule has 0 radical (unpaired) electrons. The van der Waals surface area contributed by atoms with Crippen molar-refractivity contribution in [2.45, 2.75) is 0 Å². The van der Waals surface area contributed by atoms with Gasteiger partial charge in [-0.25, -0.2) is 0 Å². The van der Waals surface area contributed by atoms with Crippen LogP contribution in [0.25, 0.3) is 0 Å². The predicted molar refractivity (Wildman–Crippen MR) is 67.2 cm³/mol. The van der Waals surface area contributed by atoms with E-state index in [2.05, 4.69) is 5.32 Å². The molecule has 1 heterocycles. The molecule has 3 N–H and O–H groups in total. The van der Waals surface area contributed by atoms with E-state index in [0.29, 0.717) is 16.8 Å². The van der Waals surface area contributed by atoms with E-state index in [1.807, 2.05) is 5.38 Å². The third-order valence-electron chi connectivity index (χ3n) is 2.22. The van der Waals surface area contributed by atoms with Crippen molar-refractivity contribution in [2.24, 2.45) is 5.73 Å². The van der Waals surface area contributed by atoms with Crippen molar-refractivity contribution in [2.75, 3.05) is 5.32 Å². The standard InChI is InChI=1S/C12H10N2O2S/c13-11(15)9-3-1-2-4-10(9)14-12(16)8-5-6-17-7-8/h1-7H,(H2,13,15)(H,14,16). The Morgan fingerprint density at radius 3 is 2.59 bits per heavy atom. The van der Waals surface area contributed by atoms with E-state index in [0.717, 1.165) is 0 Å². The molecule has 17 heavy (non-hydrogen) atoms. The Labute approximate surface area is 102 Å². The van der Waals surface area contributed by atoms with Crippen LogP contribution in [0.15, 0.2) is 41.1 Å². The van der Waals surface area contributed by atoms with E-state index in [1.165, 1.54) is 11.3 Å². The summed E-state index contributed by atoms with van der Waals surface area (Å²) in [7, 11) is 0. The molecule has 0 unspecified atom stereocenters. The van der Waals surface area contributed by atoms with Crippen molar-refractivity contribution in [3.8, 4) is 0 Å². The number of anilines is 1. The molecule has 2 aromatic rings. The summed E-state index contributed by atoms with van der Waals surface area (Å²) in [4.78, 5) is 23.0. The van der Waals surface area contributed by atoms with Gasteiger partial charge in [0.15, 0.2) is 0 Å². The van der Waals surface area contributed by atoms with Gasteiger partial charge in [-0.3, -0.25) is 9.59 Å². The van der Waals surface area contributed by atoms with Crippen LogP contribution in [0.5, 0.6) is 0 Å². The van der Waals surface area contributed by atoms with Crippen molar-refractivity contribution in [3.05, 3.63) is 52.2 Å². The van der Waals surface area contributed by atoms with Gasteiger partial charge in [-0.05, 0) is 23.6 Å². The number of rotatable bonds is 3. The predicted octanol–water partition coefficient (Wildman–Crippen LogP) is 2.10. The molecule has 0 aliphatic carbocycles. The van der Waals surface area contributed by atoms with E-state index in [-0.39, 0.29) is 5.91 Å². The van der Waals surface area contributed by atoms with Gasteiger partial charge in [-0.15, -0.1) is 0 Å². The maximum Gasteiger partial charge on any atom is 0.256 e. The highest BCUT2D eigenvalue weighted by Gasteiger charge is 2.11. The van der Waals surface area contributed by atoms with Crippen LogP contribution in [-0.2, 0) is 0 Å². The average molecular weight is 246 g/mol. The summed E-state index contributed by atoms with van der Waals surface area (Å²) in [6.07, 6.45) is 0. The Morgan fingerprint density at radius 1 is 1.18 bits per heavy atom. The van der Waals surface area contributed by atoms with Gasteiger partial charge in [-0.2, -0.15) is 11.3 Å². The van der Waals surface area contributed by atoms with Gasteiger partial charge < -0.3 is 11.1 Å². The van der Waals surface area contributed by atoms with Crippen molar-refractivity contribution in [3.63, 3.8) is 0 Å². The first-order valence-electron chi connectivity index (χ1n) is 4.91. The van der Waals surface area contributed by atoms with Crippen LogP contribution in [0.4, 0.5) is 5.69 Å². The van der Waals surface area contributed by atoms with Gasteiger partial charge in [0, 0.05) is 5.38 Å². The molecule has 0 atom stereocenters. The lowest BCUT2D eigenvalue weighted by molar-refractivity contribution is 0.100. The van der Waals surface area contributed by atoms with E-state index in [4.69, 9.17) is 5.73 Å². The highest BCUT2D eigenvalue weighted by atomic mass is 32.1. The molecular formula is C12H10N2O2S. The van der Waals surface area contributed by atoms with Gasteiger partial charge >= 0.3 is 0 Å². The van der Waals surface area contributed by atoms with Crippen molar-refractivity contribution in [1.29, 1.82) is 0 Å². The smallest absolute Gasteiger partial charge is 0.256 e. The zero-order chi connectivity index (χ0) is 12.3. The number of hydrogen-bond donors (Lipinski definition) is 2. The molecule has 0 bridgehead atoms. The number of benzene rings is 1. The van der Waals surface area contributed by atoms with Gasteiger partial charge in [0.1, 0.15) is 0 Å². The Hall–Kier alpha value is -2.14. The quantitative estimate of drug-likeness (QED) is 0.870. The first-order chi connectivity index (χ1) is 8.18. The van der Waals surface area contributed by atoms with Gasteiger partial charge in [0.25, 0.3) is 11.8 Å². The lowest BCUT2D eigenvalue weighted by Gasteiger charge is -2.07. The van der Waals surface area contributed by atoms with Crippen LogP contribution in [0, 0.1) is 0 Å². The molecule has 1 aromatic carbocycles. The monoisotopic (exact) mass is 246 g/mol. The molecule has 0 saturated heterocycles. The Morgan fingerprint density at radius 2 is 1.94 bits per heavy atom. The fourth-order valence-electron chi connectivity index (χ4n) is 1.40. The lowest BCUT2D eigenvalue weighted by atomic mass is 10.1. The maximum atomic E-state index is 11.8. The number of para-hydroxylation sites is 1. The molecule has 4 nitrogen and oxygen atoms in total. The molecule has 2 rings (SSSR count). The van der Waals surface area contributed by atoms with E-state index >= 15 is 0 Å². The summed E-state index contributed by atoms with van der Waals surface area (Å²) < 4.78 is 0. The Bertz CT molecular complexity index is 549. The molecule has 0 fully saturated rings. The first kappa shape index (κ1) is 11.3. The van der Waals surface area contributed by atoms with Crippen LogP contribution >= 0.6 is 11.3 Å². The molecule has 0 saturated carbocycles. The SMILES string of the molecule is NC(=O)c1ccccc1NC(=O)c1ccsc1. The summed E-state index contributed by atoms with van der Waals surface area (Å²) in [5, 5.41) is 6.21. The van der Waals surface area contributed by atoms with Crippen molar-refractivity contribution < 1.29 is 9.59 Å². The molecule has 86 valence electrons. The average Bonchev–Trinajstić information content (AvgIpc) is 2.83. The summed E-state index contributed by atoms with van der Waals surface area (Å²) in [5.41, 5.74) is 6.51. The second kappa shape index (κ2) is 4.80. The number of carbonyl (C=O) groups excluding carboxylic acids is 2. The first-order valence-corrected chi connectivity index (χ1v) is 5.85. The maximum absolute atomic E-state index is 11.8. The summed E-state index contributed by atoms with van der Waals surface area (Å²) in [5.74, 6) is -0.814. The topological polar surface area (TPSA) is 72.2 Å². The van der Waals surface area contributed by atoms with E-state index in [1.54, 1.807) is 35.7 Å². The lowest BCUT2D eigenvalue weighted by Crippen LogP contribution is -2.17. The van der Waals surface area contributed by atoms with Crippen molar-refractivity contribution >= 4 is 28.8 Å². The minimum atomic E-state index is -0.564. The number of hydrogen-bond acceptors (Lipinski definition) is 3. The number of amides is 2.